The molecule has 0 bridgehead atoms. The minimum atomic E-state index is -0.462. The maximum Gasteiger partial charge on any atom is 0.325 e. The Kier molecular flexibility index (Phi) is 6.21. The summed E-state index contributed by atoms with van der Waals surface area (Å²) >= 11 is 25.1. The fourth-order valence-electron chi connectivity index (χ4n) is 2.04. The molecule has 2 amide bonds. The fraction of sp³-hybridized carbons (Fsp3) is 0.0625. The van der Waals surface area contributed by atoms with Crippen molar-refractivity contribution in [1.82, 2.24) is 10.2 Å². The van der Waals surface area contributed by atoms with Gasteiger partial charge in [0, 0.05) is 22.2 Å². The Morgan fingerprint density at radius 2 is 1.73 bits per heavy atom. The number of rotatable bonds is 4. The van der Waals surface area contributed by atoms with Crippen LogP contribution in [-0.4, -0.2) is 16.2 Å². The molecule has 0 radical (unpaired) electrons. The molecule has 0 unspecified atom stereocenters. The Labute approximate surface area is 173 Å². The number of benzene rings is 2. The molecule has 0 saturated carbocycles. The van der Waals surface area contributed by atoms with Gasteiger partial charge in [-0.3, -0.25) is 5.32 Å². The second kappa shape index (κ2) is 8.41. The highest BCUT2D eigenvalue weighted by Crippen LogP contribution is 2.27. The molecular weight excluding hydrogens is 438 g/mol. The molecule has 0 aliphatic heterocycles. The van der Waals surface area contributed by atoms with Crippen molar-refractivity contribution in [2.45, 2.75) is 6.42 Å². The molecular formula is C16H10Cl4N4OS. The number of carbonyl (C=O) groups excluding carboxylic acids is 1. The second-order valence-corrected chi connectivity index (χ2v) is 7.84. The first-order valence-corrected chi connectivity index (χ1v) is 9.53. The van der Waals surface area contributed by atoms with Crippen LogP contribution in [0.2, 0.25) is 20.1 Å². The normalized spacial score (nSPS) is 10.6. The van der Waals surface area contributed by atoms with E-state index in [-0.39, 0.29) is 0 Å². The highest BCUT2D eigenvalue weighted by atomic mass is 35.5. The van der Waals surface area contributed by atoms with Gasteiger partial charge >= 0.3 is 6.03 Å². The number of nitrogens with zero attached hydrogens (tertiary/aromatic N) is 2. The lowest BCUT2D eigenvalue weighted by Crippen LogP contribution is -2.19. The van der Waals surface area contributed by atoms with Crippen LogP contribution in [0.25, 0.3) is 0 Å². The first kappa shape index (κ1) is 19.2. The van der Waals surface area contributed by atoms with Gasteiger partial charge in [0.1, 0.15) is 5.01 Å². The van der Waals surface area contributed by atoms with Gasteiger partial charge in [-0.1, -0.05) is 63.8 Å². The monoisotopic (exact) mass is 446 g/mol. The van der Waals surface area contributed by atoms with E-state index in [1.165, 1.54) is 11.3 Å². The predicted octanol–water partition coefficient (Wildman–Crippen LogP) is 6.39. The number of carbonyl (C=O) groups is 1. The summed E-state index contributed by atoms with van der Waals surface area (Å²) in [7, 11) is 0. The van der Waals surface area contributed by atoms with Crippen LogP contribution in [-0.2, 0) is 6.42 Å². The van der Waals surface area contributed by atoms with Gasteiger partial charge in [-0.15, -0.1) is 10.2 Å². The van der Waals surface area contributed by atoms with E-state index in [0.29, 0.717) is 42.3 Å². The Hall–Kier alpha value is -1.57. The molecule has 0 spiro atoms. The summed E-state index contributed by atoms with van der Waals surface area (Å²) in [6, 6.07) is 9.58. The third kappa shape index (κ3) is 4.99. The van der Waals surface area contributed by atoms with Gasteiger partial charge in [0.05, 0.1) is 10.0 Å². The smallest absolute Gasteiger partial charge is 0.308 e. The van der Waals surface area contributed by atoms with Gasteiger partial charge in [-0.05, 0) is 35.9 Å². The van der Waals surface area contributed by atoms with Crippen molar-refractivity contribution in [1.29, 1.82) is 0 Å². The summed E-state index contributed by atoms with van der Waals surface area (Å²) in [5.41, 5.74) is 1.38. The molecule has 1 heterocycles. The molecule has 0 aliphatic carbocycles. The summed E-state index contributed by atoms with van der Waals surface area (Å²) in [6.45, 7) is 0. The molecule has 3 rings (SSSR count). The number of nitrogens with one attached hydrogen (secondary N) is 2. The van der Waals surface area contributed by atoms with E-state index < -0.39 is 6.03 Å². The van der Waals surface area contributed by atoms with Crippen LogP contribution in [0.1, 0.15) is 10.6 Å². The number of halogens is 4. The second-order valence-electron chi connectivity index (χ2n) is 5.12. The van der Waals surface area contributed by atoms with Crippen LogP contribution in [0, 0.1) is 0 Å². The first-order valence-electron chi connectivity index (χ1n) is 7.20. The highest BCUT2D eigenvalue weighted by molar-refractivity contribution is 7.15. The molecule has 26 heavy (non-hydrogen) atoms. The summed E-state index contributed by atoms with van der Waals surface area (Å²) in [6.07, 6.45) is 0.490. The van der Waals surface area contributed by atoms with Crippen LogP contribution in [0.4, 0.5) is 15.6 Å². The lowest BCUT2D eigenvalue weighted by Gasteiger charge is -2.06. The van der Waals surface area contributed by atoms with Crippen LogP contribution in [0.3, 0.4) is 0 Å². The number of anilines is 2. The zero-order valence-electron chi connectivity index (χ0n) is 12.9. The fourth-order valence-corrected chi connectivity index (χ4v) is 3.57. The van der Waals surface area contributed by atoms with Crippen molar-refractivity contribution >= 4 is 74.6 Å². The zero-order valence-corrected chi connectivity index (χ0v) is 16.7. The molecule has 1 aromatic heterocycles. The van der Waals surface area contributed by atoms with Crippen molar-refractivity contribution in [3.63, 3.8) is 0 Å². The van der Waals surface area contributed by atoms with E-state index in [2.05, 4.69) is 20.8 Å². The minimum Gasteiger partial charge on any atom is -0.308 e. The van der Waals surface area contributed by atoms with Gasteiger partial charge < -0.3 is 5.32 Å². The van der Waals surface area contributed by atoms with Crippen LogP contribution >= 0.6 is 57.7 Å². The van der Waals surface area contributed by atoms with E-state index in [1.807, 2.05) is 6.07 Å². The largest absolute Gasteiger partial charge is 0.325 e. The van der Waals surface area contributed by atoms with E-state index >= 15 is 0 Å². The molecule has 2 N–H and O–H groups in total. The third-order valence-electron chi connectivity index (χ3n) is 3.22. The Morgan fingerprint density at radius 1 is 0.923 bits per heavy atom. The van der Waals surface area contributed by atoms with Crippen LogP contribution < -0.4 is 10.6 Å². The van der Waals surface area contributed by atoms with Gasteiger partial charge in [0.15, 0.2) is 0 Å². The standard InChI is InChI=1S/C16H10Cl4N4OS/c17-9-2-1-8(12(19)6-9)5-14-23-24-16(26-14)22-15(25)21-10-3-4-11(18)13(20)7-10/h1-4,6-7H,5H2,(H2,21,22,24,25). The van der Waals surface area contributed by atoms with E-state index in [1.54, 1.807) is 30.3 Å². The molecule has 0 saturated heterocycles. The molecule has 0 fully saturated rings. The molecule has 2 aromatic carbocycles. The first-order chi connectivity index (χ1) is 12.4. The van der Waals surface area contributed by atoms with Crippen LogP contribution in [0.15, 0.2) is 36.4 Å². The number of amides is 2. The van der Waals surface area contributed by atoms with Crippen molar-refractivity contribution in [3.05, 3.63) is 67.1 Å². The number of aromatic nitrogens is 2. The predicted molar refractivity (Wildman–Crippen MR) is 108 cm³/mol. The zero-order chi connectivity index (χ0) is 18.7. The summed E-state index contributed by atoms with van der Waals surface area (Å²) in [5.74, 6) is 0. The number of hydrogen-bond acceptors (Lipinski definition) is 4. The Morgan fingerprint density at radius 3 is 2.46 bits per heavy atom. The van der Waals surface area contributed by atoms with Crippen LogP contribution in [0.5, 0.6) is 0 Å². The van der Waals surface area contributed by atoms with E-state index in [0.717, 1.165) is 5.56 Å². The number of urea groups is 1. The number of hydrogen-bond donors (Lipinski definition) is 2. The minimum absolute atomic E-state index is 0.350. The van der Waals surface area contributed by atoms with Gasteiger partial charge in [-0.25, -0.2) is 4.79 Å². The lowest BCUT2D eigenvalue weighted by atomic mass is 10.2. The summed E-state index contributed by atoms with van der Waals surface area (Å²) < 4.78 is 0. The topological polar surface area (TPSA) is 66.9 Å². The summed E-state index contributed by atoms with van der Waals surface area (Å²) in [4.78, 5) is 12.0. The average Bonchev–Trinajstić information content (AvgIpc) is 3.00. The van der Waals surface area contributed by atoms with Crippen molar-refractivity contribution < 1.29 is 4.79 Å². The SMILES string of the molecule is O=C(Nc1ccc(Cl)c(Cl)c1)Nc1nnc(Cc2ccc(Cl)cc2Cl)s1. The quantitative estimate of drug-likeness (QED) is 0.487. The lowest BCUT2D eigenvalue weighted by molar-refractivity contribution is 0.262. The molecule has 10 heteroatoms. The van der Waals surface area contributed by atoms with Crippen molar-refractivity contribution in [2.75, 3.05) is 10.6 Å². The van der Waals surface area contributed by atoms with Crippen molar-refractivity contribution in [3.8, 4) is 0 Å². The molecule has 3 aromatic rings. The van der Waals surface area contributed by atoms with Crippen molar-refractivity contribution in [2.24, 2.45) is 0 Å². The van der Waals surface area contributed by atoms with Gasteiger partial charge in [-0.2, -0.15) is 0 Å². The molecule has 0 atom stereocenters. The van der Waals surface area contributed by atoms with E-state index in [4.69, 9.17) is 46.4 Å². The van der Waals surface area contributed by atoms with E-state index in [9.17, 15) is 4.79 Å². The Balaban J connectivity index is 1.62. The average molecular weight is 448 g/mol. The third-order valence-corrected chi connectivity index (χ3v) is 5.39. The highest BCUT2D eigenvalue weighted by Gasteiger charge is 2.11. The molecule has 5 nitrogen and oxygen atoms in total. The Bertz CT molecular complexity index is 963. The maximum absolute atomic E-state index is 12.0. The summed E-state index contributed by atoms with van der Waals surface area (Å²) in [5, 5.41) is 16.2. The molecule has 0 aliphatic rings. The maximum atomic E-state index is 12.0. The van der Waals surface area contributed by atoms with Gasteiger partial charge in [0.2, 0.25) is 5.13 Å². The molecule has 134 valence electrons. The van der Waals surface area contributed by atoms with Gasteiger partial charge in [0.25, 0.3) is 0 Å².